The summed E-state index contributed by atoms with van der Waals surface area (Å²) in [6.45, 7) is 3.44. The molecule has 2 atom stereocenters. The molecule has 106 valence electrons. The predicted octanol–water partition coefficient (Wildman–Crippen LogP) is 1.38. The molecule has 1 saturated heterocycles. The number of likely N-dealkylation sites (tertiary alicyclic amines) is 1. The molecule has 1 amide bonds. The lowest BCUT2D eigenvalue weighted by Gasteiger charge is -2.25. The highest BCUT2D eigenvalue weighted by Crippen LogP contribution is 2.27. The van der Waals surface area contributed by atoms with Gasteiger partial charge >= 0.3 is 0 Å². The molecular weight excluding hydrogens is 252 g/mol. The van der Waals surface area contributed by atoms with Gasteiger partial charge in [0.2, 0.25) is 0 Å². The number of carbonyl (C=O) groups excluding carboxylic acids is 1. The van der Waals surface area contributed by atoms with Crippen molar-refractivity contribution >= 4 is 16.8 Å². The van der Waals surface area contributed by atoms with Gasteiger partial charge in [0.15, 0.2) is 5.69 Å². The van der Waals surface area contributed by atoms with Gasteiger partial charge < -0.3 is 10.6 Å². The highest BCUT2D eigenvalue weighted by Gasteiger charge is 2.35. The SMILES string of the molecule is CC1CCN(C(=O)c2nn(C)c3ccccc23)C1CN. The Kier molecular flexibility index (Phi) is 3.22. The molecule has 5 heteroatoms. The summed E-state index contributed by atoms with van der Waals surface area (Å²) < 4.78 is 1.76. The number of amides is 1. The molecule has 1 aromatic carbocycles. The first-order valence-electron chi connectivity index (χ1n) is 7.06. The van der Waals surface area contributed by atoms with Crippen LogP contribution in [0.4, 0.5) is 0 Å². The largest absolute Gasteiger partial charge is 0.333 e. The summed E-state index contributed by atoms with van der Waals surface area (Å²) in [5.41, 5.74) is 7.35. The smallest absolute Gasteiger partial charge is 0.275 e. The quantitative estimate of drug-likeness (QED) is 0.898. The maximum Gasteiger partial charge on any atom is 0.275 e. The molecule has 2 N–H and O–H groups in total. The van der Waals surface area contributed by atoms with Crippen molar-refractivity contribution in [2.75, 3.05) is 13.1 Å². The topological polar surface area (TPSA) is 64.2 Å². The van der Waals surface area contributed by atoms with Gasteiger partial charge in [0.05, 0.1) is 5.52 Å². The van der Waals surface area contributed by atoms with Crippen LogP contribution in [0.5, 0.6) is 0 Å². The fraction of sp³-hybridized carbons (Fsp3) is 0.467. The van der Waals surface area contributed by atoms with Gasteiger partial charge in [-0.2, -0.15) is 5.10 Å². The van der Waals surface area contributed by atoms with Crippen LogP contribution in [0.2, 0.25) is 0 Å². The number of nitrogens with zero attached hydrogens (tertiary/aromatic N) is 3. The summed E-state index contributed by atoms with van der Waals surface area (Å²) in [5, 5.41) is 5.33. The number of aromatic nitrogens is 2. The molecule has 0 radical (unpaired) electrons. The van der Waals surface area contributed by atoms with E-state index in [0.29, 0.717) is 18.2 Å². The van der Waals surface area contributed by atoms with Gasteiger partial charge in [-0.3, -0.25) is 9.48 Å². The number of nitrogens with two attached hydrogens (primary N) is 1. The van der Waals surface area contributed by atoms with Gasteiger partial charge in [0.1, 0.15) is 0 Å². The zero-order valence-corrected chi connectivity index (χ0v) is 11.9. The number of benzene rings is 1. The third-order valence-corrected chi connectivity index (χ3v) is 4.35. The van der Waals surface area contributed by atoms with Gasteiger partial charge in [0.25, 0.3) is 5.91 Å². The minimum atomic E-state index is 0.00148. The molecule has 2 aromatic rings. The summed E-state index contributed by atoms with van der Waals surface area (Å²) in [7, 11) is 1.87. The third-order valence-electron chi connectivity index (χ3n) is 4.35. The summed E-state index contributed by atoms with van der Waals surface area (Å²) in [5.74, 6) is 0.459. The van der Waals surface area contributed by atoms with Crippen molar-refractivity contribution in [1.29, 1.82) is 0 Å². The van der Waals surface area contributed by atoms with E-state index in [9.17, 15) is 4.79 Å². The van der Waals surface area contributed by atoms with Crippen LogP contribution in [0.25, 0.3) is 10.9 Å². The Labute approximate surface area is 118 Å². The van der Waals surface area contributed by atoms with Crippen LogP contribution in [-0.2, 0) is 7.05 Å². The average molecular weight is 272 g/mol. The fourth-order valence-corrected chi connectivity index (χ4v) is 3.13. The van der Waals surface area contributed by atoms with Crippen LogP contribution in [0.15, 0.2) is 24.3 Å². The van der Waals surface area contributed by atoms with Crippen molar-refractivity contribution in [3.05, 3.63) is 30.0 Å². The lowest BCUT2D eigenvalue weighted by atomic mass is 10.0. The van der Waals surface area contributed by atoms with Crippen LogP contribution in [-0.4, -0.2) is 39.7 Å². The standard InChI is InChI=1S/C15H20N4O/c1-10-7-8-19(13(10)9-16)15(20)14-11-5-3-4-6-12(11)18(2)17-14/h3-6,10,13H,7-9,16H2,1-2H3. The minimum Gasteiger partial charge on any atom is -0.333 e. The van der Waals surface area contributed by atoms with Crippen molar-refractivity contribution in [2.45, 2.75) is 19.4 Å². The maximum absolute atomic E-state index is 12.8. The van der Waals surface area contributed by atoms with E-state index < -0.39 is 0 Å². The summed E-state index contributed by atoms with van der Waals surface area (Å²) in [4.78, 5) is 14.7. The van der Waals surface area contributed by atoms with Crippen molar-refractivity contribution in [1.82, 2.24) is 14.7 Å². The van der Waals surface area contributed by atoms with Crippen molar-refractivity contribution in [2.24, 2.45) is 18.7 Å². The van der Waals surface area contributed by atoms with Crippen LogP contribution in [0, 0.1) is 5.92 Å². The second kappa shape index (κ2) is 4.90. The molecule has 0 bridgehead atoms. The molecule has 1 fully saturated rings. The molecule has 5 nitrogen and oxygen atoms in total. The highest BCUT2D eigenvalue weighted by molar-refractivity contribution is 6.05. The van der Waals surface area contributed by atoms with E-state index in [2.05, 4.69) is 12.0 Å². The number of aryl methyl sites for hydroxylation is 1. The number of rotatable bonds is 2. The zero-order chi connectivity index (χ0) is 14.3. The lowest BCUT2D eigenvalue weighted by Crippen LogP contribution is -2.42. The van der Waals surface area contributed by atoms with Crippen LogP contribution in [0.1, 0.15) is 23.8 Å². The molecular formula is C15H20N4O. The van der Waals surface area contributed by atoms with E-state index in [4.69, 9.17) is 5.73 Å². The highest BCUT2D eigenvalue weighted by atomic mass is 16.2. The summed E-state index contributed by atoms with van der Waals surface area (Å²) >= 11 is 0. The lowest BCUT2D eigenvalue weighted by molar-refractivity contribution is 0.0722. The van der Waals surface area contributed by atoms with Gasteiger partial charge in [-0.15, -0.1) is 0 Å². The summed E-state index contributed by atoms with van der Waals surface area (Å²) in [6.07, 6.45) is 1.01. The molecule has 2 heterocycles. The Morgan fingerprint density at radius 3 is 2.95 bits per heavy atom. The van der Waals surface area contributed by atoms with Gasteiger partial charge in [0, 0.05) is 31.6 Å². The number of hydrogen-bond acceptors (Lipinski definition) is 3. The van der Waals surface area contributed by atoms with Crippen molar-refractivity contribution in [3.8, 4) is 0 Å². The second-order valence-electron chi connectivity index (χ2n) is 5.56. The van der Waals surface area contributed by atoms with Crippen LogP contribution in [0.3, 0.4) is 0 Å². The second-order valence-corrected chi connectivity index (χ2v) is 5.56. The molecule has 1 aromatic heterocycles. The van der Waals surface area contributed by atoms with Crippen molar-refractivity contribution in [3.63, 3.8) is 0 Å². The minimum absolute atomic E-state index is 0.00148. The molecule has 2 unspecified atom stereocenters. The molecule has 0 saturated carbocycles. The Balaban J connectivity index is 2.01. The molecule has 3 rings (SSSR count). The number of carbonyl (C=O) groups is 1. The Morgan fingerprint density at radius 1 is 1.45 bits per heavy atom. The summed E-state index contributed by atoms with van der Waals surface area (Å²) in [6, 6.07) is 7.95. The number of para-hydroxylation sites is 1. The van der Waals surface area contributed by atoms with E-state index in [1.165, 1.54) is 0 Å². The number of fused-ring (bicyclic) bond motifs is 1. The first kappa shape index (κ1) is 13.1. The predicted molar refractivity (Wildman–Crippen MR) is 78.4 cm³/mol. The molecule has 1 aliphatic rings. The third kappa shape index (κ3) is 1.89. The maximum atomic E-state index is 12.8. The van der Waals surface area contributed by atoms with Crippen molar-refractivity contribution < 1.29 is 4.79 Å². The monoisotopic (exact) mass is 272 g/mol. The van der Waals surface area contributed by atoms with Gasteiger partial charge in [-0.1, -0.05) is 25.1 Å². The first-order valence-corrected chi connectivity index (χ1v) is 7.06. The van der Waals surface area contributed by atoms with E-state index >= 15 is 0 Å². The van der Waals surface area contributed by atoms with E-state index in [1.807, 2.05) is 36.2 Å². The van der Waals surface area contributed by atoms with Crippen LogP contribution >= 0.6 is 0 Å². The van der Waals surface area contributed by atoms with E-state index in [-0.39, 0.29) is 11.9 Å². The normalized spacial score (nSPS) is 22.6. The van der Waals surface area contributed by atoms with E-state index in [0.717, 1.165) is 23.9 Å². The Morgan fingerprint density at radius 2 is 2.20 bits per heavy atom. The Bertz CT molecular complexity index is 648. The average Bonchev–Trinajstić information content (AvgIpc) is 2.99. The fourth-order valence-electron chi connectivity index (χ4n) is 3.13. The van der Waals surface area contributed by atoms with Gasteiger partial charge in [-0.05, 0) is 18.4 Å². The molecule has 0 spiro atoms. The first-order chi connectivity index (χ1) is 9.63. The molecule has 0 aliphatic carbocycles. The van der Waals surface area contributed by atoms with E-state index in [1.54, 1.807) is 4.68 Å². The molecule has 1 aliphatic heterocycles. The Hall–Kier alpha value is -1.88. The zero-order valence-electron chi connectivity index (χ0n) is 11.9. The van der Waals surface area contributed by atoms with Crippen LogP contribution < -0.4 is 5.73 Å². The number of hydrogen-bond donors (Lipinski definition) is 1. The van der Waals surface area contributed by atoms with Gasteiger partial charge in [-0.25, -0.2) is 0 Å². The molecule has 20 heavy (non-hydrogen) atoms.